The van der Waals surface area contributed by atoms with Crippen molar-refractivity contribution in [2.45, 2.75) is 38.7 Å². The molecule has 0 saturated carbocycles. The van der Waals surface area contributed by atoms with Crippen LogP contribution < -0.4 is 10.1 Å². The fourth-order valence-corrected chi connectivity index (χ4v) is 4.85. The molecule has 3 aromatic carbocycles. The molecule has 0 spiro atoms. The lowest BCUT2D eigenvalue weighted by atomic mass is 10.1. The van der Waals surface area contributed by atoms with Gasteiger partial charge in [0.05, 0.1) is 16.7 Å². The number of ether oxygens (including phenoxy) is 1. The van der Waals surface area contributed by atoms with E-state index in [0.29, 0.717) is 30.1 Å². The van der Waals surface area contributed by atoms with E-state index in [1.165, 1.54) is 16.4 Å². The highest BCUT2D eigenvalue weighted by Crippen LogP contribution is 2.30. The Bertz CT molecular complexity index is 1190. The molecule has 0 aromatic heterocycles. The first-order valence-corrected chi connectivity index (χ1v) is 11.8. The van der Waals surface area contributed by atoms with E-state index in [2.05, 4.69) is 5.32 Å². The van der Waals surface area contributed by atoms with Gasteiger partial charge >= 0.3 is 0 Å². The lowest BCUT2D eigenvalue weighted by molar-refractivity contribution is 0.102. The lowest BCUT2D eigenvalue weighted by Gasteiger charge is -2.20. The first-order chi connectivity index (χ1) is 14.8. The number of hydrogen-bond donors (Lipinski definition) is 1. The summed E-state index contributed by atoms with van der Waals surface area (Å²) in [6.45, 7) is 8.05. The molecule has 3 rings (SSSR count). The van der Waals surface area contributed by atoms with E-state index < -0.39 is 10.0 Å². The second kappa shape index (κ2) is 9.49. The number of rotatable bonds is 8. The van der Waals surface area contributed by atoms with E-state index >= 15 is 0 Å². The molecule has 31 heavy (non-hydrogen) atoms. The van der Waals surface area contributed by atoms with E-state index in [-0.39, 0.29) is 16.9 Å². The smallest absolute Gasteiger partial charge is 0.255 e. The number of benzene rings is 3. The molecule has 0 saturated heterocycles. The van der Waals surface area contributed by atoms with Crippen molar-refractivity contribution in [3.8, 4) is 5.75 Å². The molecular formula is C24H28N2O4S. The predicted octanol–water partition coefficient (Wildman–Crippen LogP) is 4.91. The minimum absolute atomic E-state index is 0.112. The van der Waals surface area contributed by atoms with Crippen LogP contribution >= 0.6 is 0 Å². The molecule has 164 valence electrons. The van der Waals surface area contributed by atoms with Gasteiger partial charge in [0, 0.05) is 18.7 Å². The molecule has 0 atom stereocenters. The summed E-state index contributed by atoms with van der Waals surface area (Å²) in [4.78, 5) is 13.1. The highest BCUT2D eigenvalue weighted by molar-refractivity contribution is 7.89. The zero-order valence-corrected chi connectivity index (χ0v) is 19.1. The van der Waals surface area contributed by atoms with Crippen molar-refractivity contribution >= 4 is 32.4 Å². The molecule has 0 heterocycles. The Morgan fingerprint density at radius 2 is 1.65 bits per heavy atom. The van der Waals surface area contributed by atoms with Crippen LogP contribution in [0, 0.1) is 0 Å². The zero-order valence-electron chi connectivity index (χ0n) is 18.3. The Kier molecular flexibility index (Phi) is 6.97. The first kappa shape index (κ1) is 22.8. The van der Waals surface area contributed by atoms with Gasteiger partial charge in [0.15, 0.2) is 0 Å². The van der Waals surface area contributed by atoms with Crippen molar-refractivity contribution in [2.75, 3.05) is 18.4 Å². The molecule has 0 unspecified atom stereocenters. The number of carbonyl (C=O) groups is 1. The molecule has 0 radical (unpaired) electrons. The van der Waals surface area contributed by atoms with Crippen LogP contribution in [-0.2, 0) is 10.0 Å². The average Bonchev–Trinajstić information content (AvgIpc) is 2.74. The summed E-state index contributed by atoms with van der Waals surface area (Å²) >= 11 is 0. The van der Waals surface area contributed by atoms with E-state index in [9.17, 15) is 13.2 Å². The van der Waals surface area contributed by atoms with Gasteiger partial charge in [-0.15, -0.1) is 0 Å². The fraction of sp³-hybridized carbons (Fsp3) is 0.292. The Morgan fingerprint density at radius 3 is 2.29 bits per heavy atom. The van der Waals surface area contributed by atoms with Gasteiger partial charge in [0.2, 0.25) is 10.0 Å². The molecule has 7 heteroatoms. The highest BCUT2D eigenvalue weighted by Gasteiger charge is 2.23. The molecule has 6 nitrogen and oxygen atoms in total. The monoisotopic (exact) mass is 440 g/mol. The fourth-order valence-electron chi connectivity index (χ4n) is 3.36. The van der Waals surface area contributed by atoms with Crippen LogP contribution in [0.5, 0.6) is 5.75 Å². The maximum absolute atomic E-state index is 13.0. The molecule has 0 aliphatic heterocycles. The quantitative estimate of drug-likeness (QED) is 0.540. The van der Waals surface area contributed by atoms with E-state index in [4.69, 9.17) is 4.74 Å². The maximum Gasteiger partial charge on any atom is 0.255 e. The zero-order chi connectivity index (χ0) is 22.6. The summed E-state index contributed by atoms with van der Waals surface area (Å²) < 4.78 is 33.1. The van der Waals surface area contributed by atoms with Crippen LogP contribution in [0.25, 0.3) is 10.8 Å². The van der Waals surface area contributed by atoms with Gasteiger partial charge in [-0.25, -0.2) is 8.42 Å². The standard InChI is InChI=1S/C24H28N2O4S/c1-5-26(6-2)31(28,29)21-13-14-23(30-17(3)4)22(16-21)25-24(27)20-12-11-18-9-7-8-10-19(18)15-20/h7-17H,5-6H2,1-4H3,(H,25,27). The Morgan fingerprint density at radius 1 is 0.968 bits per heavy atom. The van der Waals surface area contributed by atoms with Crippen molar-refractivity contribution in [2.24, 2.45) is 0 Å². The van der Waals surface area contributed by atoms with Crippen molar-refractivity contribution in [3.05, 3.63) is 66.2 Å². The minimum atomic E-state index is -3.67. The van der Waals surface area contributed by atoms with Gasteiger partial charge in [-0.05, 0) is 55.0 Å². The number of carbonyl (C=O) groups excluding carboxylic acids is 1. The number of fused-ring (bicyclic) bond motifs is 1. The van der Waals surface area contributed by atoms with E-state index in [1.807, 2.05) is 50.2 Å². The summed E-state index contributed by atoms with van der Waals surface area (Å²) in [5.74, 6) is 0.0828. The van der Waals surface area contributed by atoms with E-state index in [1.54, 1.807) is 26.0 Å². The van der Waals surface area contributed by atoms with Crippen LogP contribution in [-0.4, -0.2) is 37.8 Å². The van der Waals surface area contributed by atoms with Crippen molar-refractivity contribution in [1.82, 2.24) is 4.31 Å². The highest BCUT2D eigenvalue weighted by atomic mass is 32.2. The number of nitrogens with one attached hydrogen (secondary N) is 1. The molecule has 0 aliphatic rings. The molecular weight excluding hydrogens is 412 g/mol. The summed E-state index contributed by atoms with van der Waals surface area (Å²) in [5, 5.41) is 4.83. The van der Waals surface area contributed by atoms with Gasteiger partial charge in [0.25, 0.3) is 5.91 Å². The number of hydrogen-bond acceptors (Lipinski definition) is 4. The Labute approximate surface area is 183 Å². The Balaban J connectivity index is 1.99. The van der Waals surface area contributed by atoms with Crippen molar-refractivity contribution in [3.63, 3.8) is 0 Å². The van der Waals surface area contributed by atoms with Gasteiger partial charge in [-0.3, -0.25) is 4.79 Å². The molecule has 1 N–H and O–H groups in total. The number of anilines is 1. The van der Waals surface area contributed by atoms with Crippen molar-refractivity contribution < 1.29 is 17.9 Å². The second-order valence-corrected chi connectivity index (χ2v) is 9.37. The molecule has 0 fully saturated rings. The van der Waals surface area contributed by atoms with Crippen LogP contribution in [0.3, 0.4) is 0 Å². The SMILES string of the molecule is CCN(CC)S(=O)(=O)c1ccc(OC(C)C)c(NC(=O)c2ccc3ccccc3c2)c1. The average molecular weight is 441 g/mol. The number of nitrogens with zero attached hydrogens (tertiary/aromatic N) is 1. The summed E-state index contributed by atoms with van der Waals surface area (Å²) in [6.07, 6.45) is -0.137. The van der Waals surface area contributed by atoms with Crippen LogP contribution in [0.4, 0.5) is 5.69 Å². The third kappa shape index (κ3) is 5.06. The molecule has 3 aromatic rings. The molecule has 0 aliphatic carbocycles. The van der Waals surface area contributed by atoms with Crippen LogP contribution in [0.1, 0.15) is 38.1 Å². The number of sulfonamides is 1. The third-order valence-corrected chi connectivity index (χ3v) is 6.96. The summed E-state index contributed by atoms with van der Waals surface area (Å²) in [5.41, 5.74) is 0.797. The molecule has 1 amide bonds. The predicted molar refractivity (Wildman–Crippen MR) is 124 cm³/mol. The van der Waals surface area contributed by atoms with Gasteiger partial charge < -0.3 is 10.1 Å². The molecule has 0 bridgehead atoms. The van der Waals surface area contributed by atoms with Crippen LogP contribution in [0.2, 0.25) is 0 Å². The summed E-state index contributed by atoms with van der Waals surface area (Å²) in [7, 11) is -3.67. The topological polar surface area (TPSA) is 75.7 Å². The number of amides is 1. The van der Waals surface area contributed by atoms with Crippen LogP contribution in [0.15, 0.2) is 65.6 Å². The minimum Gasteiger partial charge on any atom is -0.489 e. The Hall–Kier alpha value is -2.90. The third-order valence-electron chi connectivity index (χ3n) is 4.92. The normalized spacial score (nSPS) is 11.8. The van der Waals surface area contributed by atoms with Gasteiger partial charge in [-0.1, -0.05) is 44.2 Å². The van der Waals surface area contributed by atoms with E-state index in [0.717, 1.165) is 10.8 Å². The maximum atomic E-state index is 13.0. The lowest BCUT2D eigenvalue weighted by Crippen LogP contribution is -2.30. The van der Waals surface area contributed by atoms with Crippen molar-refractivity contribution in [1.29, 1.82) is 0 Å². The summed E-state index contributed by atoms with van der Waals surface area (Å²) in [6, 6.07) is 17.8. The largest absolute Gasteiger partial charge is 0.489 e. The first-order valence-electron chi connectivity index (χ1n) is 10.4. The van der Waals surface area contributed by atoms with Gasteiger partial charge in [-0.2, -0.15) is 4.31 Å². The second-order valence-electron chi connectivity index (χ2n) is 7.43. The van der Waals surface area contributed by atoms with Gasteiger partial charge in [0.1, 0.15) is 5.75 Å².